The van der Waals surface area contributed by atoms with Gasteiger partial charge in [0.25, 0.3) is 0 Å². The molecule has 2 N–H and O–H groups in total. The summed E-state index contributed by atoms with van der Waals surface area (Å²) in [4.78, 5) is 17.3. The minimum atomic E-state index is -0.331. The van der Waals surface area contributed by atoms with Gasteiger partial charge in [-0.05, 0) is 23.3 Å². The Morgan fingerprint density at radius 3 is 2.54 bits per heavy atom. The second-order valence-electron chi connectivity index (χ2n) is 5.91. The highest BCUT2D eigenvalue weighted by Crippen LogP contribution is 2.36. The summed E-state index contributed by atoms with van der Waals surface area (Å²) in [6.07, 6.45) is 0. The third-order valence-corrected chi connectivity index (χ3v) is 5.31. The Morgan fingerprint density at radius 2 is 1.85 bits per heavy atom. The number of hydrogen-bond donors (Lipinski definition) is 1. The lowest BCUT2D eigenvalue weighted by molar-refractivity contribution is 0.415. The maximum atomic E-state index is 12.4. The van der Waals surface area contributed by atoms with Crippen LogP contribution in [0.1, 0.15) is 5.56 Å². The highest BCUT2D eigenvalue weighted by molar-refractivity contribution is 7.17. The zero-order valence-electron chi connectivity index (χ0n) is 14.2. The van der Waals surface area contributed by atoms with Gasteiger partial charge in [-0.1, -0.05) is 42.5 Å². The Morgan fingerprint density at radius 1 is 1.12 bits per heavy atom. The maximum Gasteiger partial charge on any atom is 0.350 e. The minimum Gasteiger partial charge on any atom is -0.497 e. The average molecular weight is 363 g/mol. The van der Waals surface area contributed by atoms with Gasteiger partial charge in [0.05, 0.1) is 19.0 Å². The molecule has 26 heavy (non-hydrogen) atoms. The molecule has 6 heteroatoms. The Bertz CT molecular complexity index is 1120. The molecule has 0 saturated heterocycles. The maximum absolute atomic E-state index is 12.4. The SMILES string of the molecule is COc1ccc(-c2csc3c2c(N)nc(=O)n3Cc2ccccc2)cc1. The van der Waals surface area contributed by atoms with Gasteiger partial charge in [0.15, 0.2) is 0 Å². The predicted molar refractivity (Wildman–Crippen MR) is 106 cm³/mol. The Hall–Kier alpha value is -3.12. The molecule has 130 valence electrons. The minimum absolute atomic E-state index is 0.265. The Balaban J connectivity index is 1.87. The van der Waals surface area contributed by atoms with E-state index >= 15 is 0 Å². The molecule has 2 heterocycles. The van der Waals surface area contributed by atoms with Gasteiger partial charge in [-0.2, -0.15) is 4.98 Å². The summed E-state index contributed by atoms with van der Waals surface area (Å²) in [6, 6.07) is 17.6. The number of nitrogen functional groups attached to an aromatic ring is 1. The average Bonchev–Trinajstić information content (AvgIpc) is 3.11. The van der Waals surface area contributed by atoms with Gasteiger partial charge in [-0.3, -0.25) is 4.57 Å². The van der Waals surface area contributed by atoms with Crippen molar-refractivity contribution in [2.24, 2.45) is 0 Å². The highest BCUT2D eigenvalue weighted by Gasteiger charge is 2.16. The van der Waals surface area contributed by atoms with Crippen LogP contribution in [0, 0.1) is 0 Å². The molecule has 0 saturated carbocycles. The van der Waals surface area contributed by atoms with E-state index in [1.807, 2.05) is 60.0 Å². The van der Waals surface area contributed by atoms with Gasteiger partial charge in [-0.15, -0.1) is 11.3 Å². The van der Waals surface area contributed by atoms with E-state index in [0.717, 1.165) is 32.7 Å². The van der Waals surface area contributed by atoms with Crippen molar-refractivity contribution in [3.05, 3.63) is 76.0 Å². The van der Waals surface area contributed by atoms with E-state index in [9.17, 15) is 4.79 Å². The fourth-order valence-electron chi connectivity index (χ4n) is 2.99. The van der Waals surface area contributed by atoms with Crippen molar-refractivity contribution < 1.29 is 4.74 Å². The van der Waals surface area contributed by atoms with Crippen LogP contribution in [0.3, 0.4) is 0 Å². The number of aromatic nitrogens is 2. The second-order valence-corrected chi connectivity index (χ2v) is 6.77. The lowest BCUT2D eigenvalue weighted by Crippen LogP contribution is -2.24. The van der Waals surface area contributed by atoms with Crippen LogP contribution in [-0.4, -0.2) is 16.7 Å². The van der Waals surface area contributed by atoms with E-state index in [4.69, 9.17) is 10.5 Å². The van der Waals surface area contributed by atoms with E-state index in [0.29, 0.717) is 6.54 Å². The number of methoxy groups -OCH3 is 1. The molecule has 0 aliphatic heterocycles. The van der Waals surface area contributed by atoms with Crippen molar-refractivity contribution >= 4 is 27.4 Å². The van der Waals surface area contributed by atoms with Crippen LogP contribution < -0.4 is 16.2 Å². The molecule has 4 rings (SSSR count). The van der Waals surface area contributed by atoms with Crippen molar-refractivity contribution in [3.8, 4) is 16.9 Å². The molecular weight excluding hydrogens is 346 g/mol. The molecule has 0 fully saturated rings. The predicted octanol–water partition coefficient (Wildman–Crippen LogP) is 3.76. The standard InChI is InChI=1S/C20H17N3O2S/c1-25-15-9-7-14(8-10-15)16-12-26-19-17(16)18(21)22-20(24)23(19)11-13-5-3-2-4-6-13/h2-10,12H,11H2,1H3,(H2,21,22,24). The van der Waals surface area contributed by atoms with Crippen LogP contribution in [0.15, 0.2) is 64.8 Å². The molecule has 0 unspecified atom stereocenters. The molecule has 2 aromatic heterocycles. The zero-order chi connectivity index (χ0) is 18.1. The lowest BCUT2D eigenvalue weighted by atomic mass is 10.1. The van der Waals surface area contributed by atoms with Crippen LogP contribution in [0.4, 0.5) is 5.82 Å². The van der Waals surface area contributed by atoms with E-state index in [2.05, 4.69) is 4.98 Å². The molecule has 2 aromatic carbocycles. The van der Waals surface area contributed by atoms with Crippen molar-refractivity contribution in [1.29, 1.82) is 0 Å². The van der Waals surface area contributed by atoms with E-state index in [1.165, 1.54) is 11.3 Å². The van der Waals surface area contributed by atoms with Gasteiger partial charge in [0.2, 0.25) is 0 Å². The molecule has 5 nitrogen and oxygen atoms in total. The van der Waals surface area contributed by atoms with Crippen molar-refractivity contribution in [2.45, 2.75) is 6.54 Å². The fourth-order valence-corrected chi connectivity index (χ4v) is 4.07. The smallest absolute Gasteiger partial charge is 0.350 e. The Kier molecular flexibility index (Phi) is 4.18. The number of nitrogens with zero attached hydrogens (tertiary/aromatic N) is 2. The summed E-state index contributed by atoms with van der Waals surface area (Å²) < 4.78 is 6.90. The summed E-state index contributed by atoms with van der Waals surface area (Å²) in [5.74, 6) is 1.06. The zero-order valence-corrected chi connectivity index (χ0v) is 15.0. The van der Waals surface area contributed by atoms with Crippen LogP contribution in [0.2, 0.25) is 0 Å². The number of ether oxygens (including phenoxy) is 1. The number of rotatable bonds is 4. The molecule has 0 aliphatic carbocycles. The molecule has 0 radical (unpaired) electrons. The highest BCUT2D eigenvalue weighted by atomic mass is 32.1. The van der Waals surface area contributed by atoms with Gasteiger partial charge in [-0.25, -0.2) is 4.79 Å². The molecule has 4 aromatic rings. The first kappa shape index (κ1) is 16.4. The van der Waals surface area contributed by atoms with Crippen LogP contribution in [0.5, 0.6) is 5.75 Å². The lowest BCUT2D eigenvalue weighted by Gasteiger charge is -2.09. The summed E-state index contributed by atoms with van der Waals surface area (Å²) in [7, 11) is 1.64. The molecule has 0 atom stereocenters. The molecular formula is C20H17N3O2S. The summed E-state index contributed by atoms with van der Waals surface area (Å²) in [5.41, 5.74) is 8.81. The second kappa shape index (κ2) is 6.65. The molecule has 0 aliphatic rings. The van der Waals surface area contributed by atoms with E-state index in [-0.39, 0.29) is 11.5 Å². The monoisotopic (exact) mass is 363 g/mol. The normalized spacial score (nSPS) is 11.0. The number of nitrogens with two attached hydrogens (primary N) is 1. The van der Waals surface area contributed by atoms with Gasteiger partial charge < -0.3 is 10.5 Å². The fraction of sp³-hybridized carbons (Fsp3) is 0.100. The molecule has 0 amide bonds. The summed E-state index contributed by atoms with van der Waals surface area (Å²) in [5, 5.41) is 2.83. The van der Waals surface area contributed by atoms with E-state index in [1.54, 1.807) is 11.7 Å². The topological polar surface area (TPSA) is 70.1 Å². The third-order valence-electron chi connectivity index (χ3n) is 4.30. The number of benzene rings is 2. The van der Waals surface area contributed by atoms with Gasteiger partial charge in [0.1, 0.15) is 16.4 Å². The van der Waals surface area contributed by atoms with Gasteiger partial charge in [0, 0.05) is 10.9 Å². The van der Waals surface area contributed by atoms with Crippen LogP contribution >= 0.6 is 11.3 Å². The number of thiophene rings is 1. The summed E-state index contributed by atoms with van der Waals surface area (Å²) >= 11 is 1.50. The quantitative estimate of drug-likeness (QED) is 0.599. The van der Waals surface area contributed by atoms with Crippen molar-refractivity contribution in [3.63, 3.8) is 0 Å². The first-order valence-corrected chi connectivity index (χ1v) is 9.01. The largest absolute Gasteiger partial charge is 0.497 e. The van der Waals surface area contributed by atoms with Gasteiger partial charge >= 0.3 is 5.69 Å². The number of fused-ring (bicyclic) bond motifs is 1. The third kappa shape index (κ3) is 2.84. The Labute approximate surface area is 154 Å². The molecule has 0 spiro atoms. The molecule has 0 bridgehead atoms. The first-order valence-electron chi connectivity index (χ1n) is 8.13. The van der Waals surface area contributed by atoms with Crippen LogP contribution in [-0.2, 0) is 6.54 Å². The summed E-state index contributed by atoms with van der Waals surface area (Å²) in [6.45, 7) is 0.464. The van der Waals surface area contributed by atoms with E-state index < -0.39 is 0 Å². The van der Waals surface area contributed by atoms with Crippen molar-refractivity contribution in [1.82, 2.24) is 9.55 Å². The number of anilines is 1. The van der Waals surface area contributed by atoms with Crippen LogP contribution in [0.25, 0.3) is 21.3 Å². The first-order chi connectivity index (χ1) is 12.7. The number of hydrogen-bond acceptors (Lipinski definition) is 5. The van der Waals surface area contributed by atoms with Crippen molar-refractivity contribution in [2.75, 3.05) is 12.8 Å².